The van der Waals surface area contributed by atoms with Crippen LogP contribution in [0.1, 0.15) is 31.0 Å². The van der Waals surface area contributed by atoms with Crippen LogP contribution >= 0.6 is 0 Å². The van der Waals surface area contributed by atoms with Gasteiger partial charge in [0, 0.05) is 52.4 Å². The minimum atomic E-state index is -0.568. The van der Waals surface area contributed by atoms with Gasteiger partial charge in [-0.1, -0.05) is 29.8 Å². The zero-order valence-corrected chi connectivity index (χ0v) is 18.1. The minimum Gasteiger partial charge on any atom is -0.463 e. The van der Waals surface area contributed by atoms with Crippen LogP contribution in [0.3, 0.4) is 0 Å². The number of nitrogens with zero attached hydrogens (tertiary/aromatic N) is 3. The molecule has 2 aliphatic rings. The summed E-state index contributed by atoms with van der Waals surface area (Å²) < 4.78 is 5.37. The largest absolute Gasteiger partial charge is 0.463 e. The van der Waals surface area contributed by atoms with E-state index in [0.29, 0.717) is 44.0 Å². The van der Waals surface area contributed by atoms with E-state index >= 15 is 0 Å². The second-order valence-corrected chi connectivity index (χ2v) is 7.72. The van der Waals surface area contributed by atoms with E-state index in [0.717, 1.165) is 11.1 Å². The maximum atomic E-state index is 13.0. The molecule has 162 valence electrons. The van der Waals surface area contributed by atoms with Crippen LogP contribution in [0.4, 0.5) is 4.79 Å². The third-order valence-electron chi connectivity index (χ3n) is 5.64. The van der Waals surface area contributed by atoms with Gasteiger partial charge in [0.1, 0.15) is 0 Å². The van der Waals surface area contributed by atoms with E-state index in [1.165, 1.54) is 4.90 Å². The van der Waals surface area contributed by atoms with Crippen molar-refractivity contribution in [2.24, 2.45) is 0 Å². The first-order chi connectivity index (χ1) is 14.3. The average Bonchev–Trinajstić information content (AvgIpc) is 2.71. The summed E-state index contributed by atoms with van der Waals surface area (Å²) >= 11 is 0. The van der Waals surface area contributed by atoms with Gasteiger partial charge in [-0.05, 0) is 19.4 Å². The Bertz CT molecular complexity index is 858. The van der Waals surface area contributed by atoms with Gasteiger partial charge in [-0.2, -0.15) is 0 Å². The number of urea groups is 1. The molecule has 8 nitrogen and oxygen atoms in total. The third-order valence-corrected chi connectivity index (χ3v) is 5.64. The molecule has 0 spiro atoms. The van der Waals surface area contributed by atoms with E-state index in [4.69, 9.17) is 4.74 Å². The van der Waals surface area contributed by atoms with Crippen molar-refractivity contribution < 1.29 is 19.1 Å². The molecule has 1 aromatic carbocycles. The van der Waals surface area contributed by atoms with Crippen LogP contribution in [0.2, 0.25) is 0 Å². The molecule has 2 aliphatic heterocycles. The van der Waals surface area contributed by atoms with Gasteiger partial charge < -0.3 is 15.0 Å². The molecule has 0 unspecified atom stereocenters. The average molecular weight is 415 g/mol. The number of ether oxygens (including phenoxy) is 1. The van der Waals surface area contributed by atoms with Crippen molar-refractivity contribution in [1.82, 2.24) is 20.0 Å². The summed E-state index contributed by atoms with van der Waals surface area (Å²) in [5.41, 5.74) is 2.99. The number of piperazine rings is 1. The lowest BCUT2D eigenvalue weighted by Gasteiger charge is -2.39. The molecule has 1 aromatic rings. The number of amides is 3. The number of nitrogens with one attached hydrogen (secondary N) is 1. The fraction of sp³-hybridized carbons (Fsp3) is 0.500. The lowest BCUT2D eigenvalue weighted by molar-refractivity contribution is -0.139. The molecule has 1 saturated heterocycles. The Morgan fingerprint density at radius 3 is 2.50 bits per heavy atom. The monoisotopic (exact) mass is 414 g/mol. The standard InChI is InChI=1S/C22H30N4O4/c1-5-30-21(28)19-18(14-25-9-11-26(12-10-25)16(3)27)24(4)22(29)23-20(19)17-8-6-7-15(2)13-17/h6-8,13,20H,5,9-12,14H2,1-4H3,(H,23,29)/t20-/m1/s1. The maximum absolute atomic E-state index is 13.0. The van der Waals surface area contributed by atoms with Crippen molar-refractivity contribution in [3.63, 3.8) is 0 Å². The Morgan fingerprint density at radius 2 is 1.90 bits per heavy atom. The fourth-order valence-corrected chi connectivity index (χ4v) is 3.93. The Hall–Kier alpha value is -2.87. The molecular weight excluding hydrogens is 384 g/mol. The quantitative estimate of drug-likeness (QED) is 0.742. The van der Waals surface area contributed by atoms with Crippen molar-refractivity contribution >= 4 is 17.9 Å². The summed E-state index contributed by atoms with van der Waals surface area (Å²) in [6.07, 6.45) is 0. The molecule has 8 heteroatoms. The maximum Gasteiger partial charge on any atom is 0.338 e. The molecule has 30 heavy (non-hydrogen) atoms. The van der Waals surface area contributed by atoms with Crippen LogP contribution < -0.4 is 5.32 Å². The van der Waals surface area contributed by atoms with Gasteiger partial charge in [-0.25, -0.2) is 9.59 Å². The van der Waals surface area contributed by atoms with Crippen molar-refractivity contribution in [3.05, 3.63) is 46.7 Å². The van der Waals surface area contributed by atoms with Crippen molar-refractivity contribution in [2.75, 3.05) is 46.4 Å². The van der Waals surface area contributed by atoms with E-state index in [1.807, 2.05) is 36.1 Å². The summed E-state index contributed by atoms with van der Waals surface area (Å²) in [6, 6.07) is 6.94. The first-order valence-corrected chi connectivity index (χ1v) is 10.3. The van der Waals surface area contributed by atoms with E-state index in [-0.39, 0.29) is 18.5 Å². The molecule has 0 aliphatic carbocycles. The second-order valence-electron chi connectivity index (χ2n) is 7.72. The summed E-state index contributed by atoms with van der Waals surface area (Å²) in [7, 11) is 1.67. The number of esters is 1. The van der Waals surface area contributed by atoms with E-state index in [1.54, 1.807) is 20.9 Å². The molecule has 2 heterocycles. The predicted molar refractivity (Wildman–Crippen MR) is 113 cm³/mol. The topological polar surface area (TPSA) is 82.2 Å². The SMILES string of the molecule is CCOC(=O)C1=C(CN2CCN(C(C)=O)CC2)N(C)C(=O)N[C@@H]1c1cccc(C)c1. The zero-order valence-electron chi connectivity index (χ0n) is 18.1. The summed E-state index contributed by atoms with van der Waals surface area (Å²) in [5, 5.41) is 2.95. The van der Waals surface area contributed by atoms with Gasteiger partial charge in [-0.15, -0.1) is 0 Å². The minimum absolute atomic E-state index is 0.0646. The van der Waals surface area contributed by atoms with Gasteiger partial charge in [0.05, 0.1) is 18.2 Å². The lowest BCUT2D eigenvalue weighted by atomic mass is 9.93. The zero-order chi connectivity index (χ0) is 21.8. The van der Waals surface area contributed by atoms with Crippen LogP contribution in [0.5, 0.6) is 0 Å². The van der Waals surface area contributed by atoms with Gasteiger partial charge >= 0.3 is 12.0 Å². The van der Waals surface area contributed by atoms with Crippen LogP contribution in [-0.2, 0) is 14.3 Å². The van der Waals surface area contributed by atoms with Gasteiger partial charge in [0.2, 0.25) is 5.91 Å². The summed E-state index contributed by atoms with van der Waals surface area (Å²) in [5.74, 6) is -0.358. The highest BCUT2D eigenvalue weighted by molar-refractivity contribution is 5.95. The first-order valence-electron chi connectivity index (χ1n) is 10.3. The predicted octanol–water partition coefficient (Wildman–Crippen LogP) is 1.67. The van der Waals surface area contributed by atoms with Gasteiger partial charge in [0.15, 0.2) is 0 Å². The Labute approximate surface area is 177 Å². The summed E-state index contributed by atoms with van der Waals surface area (Å²) in [4.78, 5) is 42.8. The Balaban J connectivity index is 1.96. The Kier molecular flexibility index (Phi) is 6.77. The molecule has 3 amide bonds. The highest BCUT2D eigenvalue weighted by Crippen LogP contribution is 2.32. The van der Waals surface area contributed by atoms with Crippen molar-refractivity contribution in [3.8, 4) is 0 Å². The van der Waals surface area contributed by atoms with Crippen LogP contribution in [0.25, 0.3) is 0 Å². The normalized spacial score (nSPS) is 20.3. The second kappa shape index (κ2) is 9.30. The first kappa shape index (κ1) is 21.8. The number of likely N-dealkylation sites (N-methyl/N-ethyl adjacent to an activating group) is 1. The number of rotatable bonds is 5. The smallest absolute Gasteiger partial charge is 0.338 e. The van der Waals surface area contributed by atoms with Crippen LogP contribution in [0.15, 0.2) is 35.5 Å². The van der Waals surface area contributed by atoms with Crippen LogP contribution in [0, 0.1) is 6.92 Å². The summed E-state index contributed by atoms with van der Waals surface area (Å²) in [6.45, 7) is 8.64. The molecule has 0 saturated carbocycles. The lowest BCUT2D eigenvalue weighted by Crippen LogP contribution is -2.52. The number of hydrogen-bond donors (Lipinski definition) is 1. The number of carbonyl (C=O) groups excluding carboxylic acids is 3. The molecule has 0 radical (unpaired) electrons. The van der Waals surface area contributed by atoms with Crippen molar-refractivity contribution in [2.45, 2.75) is 26.8 Å². The number of benzene rings is 1. The van der Waals surface area contributed by atoms with Gasteiger partial charge in [-0.3, -0.25) is 14.6 Å². The molecular formula is C22H30N4O4. The molecule has 1 N–H and O–H groups in total. The highest BCUT2D eigenvalue weighted by atomic mass is 16.5. The third kappa shape index (κ3) is 4.64. The molecule has 3 rings (SSSR count). The molecule has 0 bridgehead atoms. The van der Waals surface area contributed by atoms with E-state index < -0.39 is 12.0 Å². The van der Waals surface area contributed by atoms with E-state index in [9.17, 15) is 14.4 Å². The number of carbonyl (C=O) groups is 3. The van der Waals surface area contributed by atoms with Gasteiger partial charge in [0.25, 0.3) is 0 Å². The van der Waals surface area contributed by atoms with Crippen LogP contribution in [-0.4, -0.2) is 79.0 Å². The number of aryl methyl sites for hydroxylation is 1. The van der Waals surface area contributed by atoms with Crippen molar-refractivity contribution in [1.29, 1.82) is 0 Å². The molecule has 1 fully saturated rings. The Morgan fingerprint density at radius 1 is 1.20 bits per heavy atom. The highest BCUT2D eigenvalue weighted by Gasteiger charge is 2.37. The molecule has 0 aromatic heterocycles. The van der Waals surface area contributed by atoms with E-state index in [2.05, 4.69) is 10.2 Å². The number of hydrogen-bond acceptors (Lipinski definition) is 5. The molecule has 1 atom stereocenters. The fourth-order valence-electron chi connectivity index (χ4n) is 3.93.